The SMILES string of the molecule is ICc1ccccc1-c1cn2c(I)cnc2c(NCc2cccnc2)n1. The van der Waals surface area contributed by atoms with E-state index in [0.717, 1.165) is 36.4 Å². The van der Waals surface area contributed by atoms with E-state index in [2.05, 4.69) is 95.3 Å². The summed E-state index contributed by atoms with van der Waals surface area (Å²) in [4.78, 5) is 13.6. The van der Waals surface area contributed by atoms with Gasteiger partial charge in [0.2, 0.25) is 0 Å². The lowest BCUT2D eigenvalue weighted by atomic mass is 10.1. The number of nitrogens with one attached hydrogen (secondary N) is 1. The van der Waals surface area contributed by atoms with Crippen LogP contribution >= 0.6 is 45.2 Å². The van der Waals surface area contributed by atoms with E-state index < -0.39 is 0 Å². The molecule has 0 spiro atoms. The third-order valence-corrected chi connectivity index (χ3v) is 5.69. The van der Waals surface area contributed by atoms with E-state index >= 15 is 0 Å². The highest BCUT2D eigenvalue weighted by atomic mass is 127. The third kappa shape index (κ3) is 3.54. The van der Waals surface area contributed by atoms with Gasteiger partial charge in [-0.15, -0.1) is 0 Å². The first-order valence-corrected chi connectivity index (χ1v) is 10.7. The fourth-order valence-electron chi connectivity index (χ4n) is 2.78. The van der Waals surface area contributed by atoms with Crippen LogP contribution in [0.25, 0.3) is 16.9 Å². The summed E-state index contributed by atoms with van der Waals surface area (Å²) in [6.07, 6.45) is 7.55. The van der Waals surface area contributed by atoms with Gasteiger partial charge in [-0.25, -0.2) is 9.97 Å². The largest absolute Gasteiger partial charge is 0.363 e. The number of aromatic nitrogens is 4. The van der Waals surface area contributed by atoms with Crippen LogP contribution in [0, 0.1) is 3.70 Å². The van der Waals surface area contributed by atoms with Crippen molar-refractivity contribution >= 4 is 56.6 Å². The monoisotopic (exact) mass is 567 g/mol. The number of hydrogen-bond acceptors (Lipinski definition) is 4. The summed E-state index contributed by atoms with van der Waals surface area (Å²) in [7, 11) is 0. The van der Waals surface area contributed by atoms with Crippen LogP contribution in [0.3, 0.4) is 0 Å². The zero-order valence-corrected chi connectivity index (χ0v) is 18.0. The second-order valence-corrected chi connectivity index (χ2v) is 7.62. The second kappa shape index (κ2) is 7.87. The van der Waals surface area contributed by atoms with E-state index in [1.807, 2.05) is 24.5 Å². The lowest BCUT2D eigenvalue weighted by Gasteiger charge is -2.12. The molecule has 4 aromatic rings. The van der Waals surface area contributed by atoms with Crippen molar-refractivity contribution in [3.63, 3.8) is 0 Å². The molecule has 0 fully saturated rings. The molecule has 0 saturated carbocycles. The minimum atomic E-state index is 0.650. The molecule has 0 unspecified atom stereocenters. The van der Waals surface area contributed by atoms with E-state index in [9.17, 15) is 0 Å². The van der Waals surface area contributed by atoms with Crippen molar-refractivity contribution in [2.75, 3.05) is 5.32 Å². The molecule has 0 bridgehead atoms. The number of pyridine rings is 1. The standard InChI is InChI=1S/C19H15I2N5/c20-8-14-5-1-2-6-15(14)16-12-26-17(21)11-24-19(26)18(25-16)23-10-13-4-3-7-22-9-13/h1-7,9,11-12H,8,10H2,(H,23,25). The molecule has 0 radical (unpaired) electrons. The Kier molecular flexibility index (Phi) is 5.34. The molecule has 1 N–H and O–H groups in total. The zero-order valence-electron chi connectivity index (χ0n) is 13.7. The number of nitrogens with zero attached hydrogens (tertiary/aromatic N) is 4. The number of fused-ring (bicyclic) bond motifs is 1. The molecule has 0 amide bonds. The highest BCUT2D eigenvalue weighted by Crippen LogP contribution is 2.27. The number of benzene rings is 1. The van der Waals surface area contributed by atoms with Crippen molar-refractivity contribution in [1.29, 1.82) is 0 Å². The molecular weight excluding hydrogens is 552 g/mol. The van der Waals surface area contributed by atoms with Gasteiger partial charge < -0.3 is 5.32 Å². The molecule has 4 rings (SSSR count). The Morgan fingerprint density at radius 2 is 1.96 bits per heavy atom. The minimum absolute atomic E-state index is 0.650. The molecule has 0 saturated heterocycles. The van der Waals surface area contributed by atoms with Crippen LogP contribution in [-0.2, 0) is 11.0 Å². The Balaban J connectivity index is 1.79. The van der Waals surface area contributed by atoms with Gasteiger partial charge in [0.15, 0.2) is 11.5 Å². The van der Waals surface area contributed by atoms with Crippen molar-refractivity contribution < 1.29 is 0 Å². The first-order chi connectivity index (χ1) is 12.8. The second-order valence-electron chi connectivity index (χ2n) is 5.75. The Morgan fingerprint density at radius 3 is 2.77 bits per heavy atom. The normalized spacial score (nSPS) is 11.0. The van der Waals surface area contributed by atoms with Crippen molar-refractivity contribution in [1.82, 2.24) is 19.4 Å². The maximum atomic E-state index is 4.89. The van der Waals surface area contributed by atoms with Crippen LogP contribution < -0.4 is 5.32 Å². The van der Waals surface area contributed by atoms with Gasteiger partial charge in [-0.2, -0.15) is 0 Å². The molecule has 130 valence electrons. The van der Waals surface area contributed by atoms with Crippen LogP contribution in [0.5, 0.6) is 0 Å². The predicted octanol–water partition coefficient (Wildman–Crippen LogP) is 4.94. The van der Waals surface area contributed by atoms with Gasteiger partial charge >= 0.3 is 0 Å². The van der Waals surface area contributed by atoms with E-state index in [0.29, 0.717) is 6.54 Å². The number of alkyl halides is 1. The Bertz CT molecular complexity index is 1050. The van der Waals surface area contributed by atoms with Crippen LogP contribution in [0.2, 0.25) is 0 Å². The molecule has 0 aliphatic heterocycles. The summed E-state index contributed by atoms with van der Waals surface area (Å²) in [5.41, 5.74) is 5.29. The van der Waals surface area contributed by atoms with Gasteiger partial charge in [0, 0.05) is 35.1 Å². The highest BCUT2D eigenvalue weighted by Gasteiger charge is 2.13. The summed E-state index contributed by atoms with van der Waals surface area (Å²) in [5.74, 6) is 0.775. The van der Waals surface area contributed by atoms with Crippen molar-refractivity contribution in [3.8, 4) is 11.3 Å². The number of imidazole rings is 1. The summed E-state index contributed by atoms with van der Waals surface area (Å²) in [6.45, 7) is 0.650. The third-order valence-electron chi connectivity index (χ3n) is 4.07. The molecule has 1 aromatic carbocycles. The lowest BCUT2D eigenvalue weighted by molar-refractivity contribution is 1.05. The van der Waals surface area contributed by atoms with Crippen LogP contribution in [0.4, 0.5) is 5.82 Å². The van der Waals surface area contributed by atoms with Gasteiger partial charge in [0.1, 0.15) is 3.70 Å². The molecule has 0 atom stereocenters. The van der Waals surface area contributed by atoms with Gasteiger partial charge in [-0.3, -0.25) is 9.38 Å². The molecule has 7 heteroatoms. The zero-order chi connectivity index (χ0) is 17.9. The van der Waals surface area contributed by atoms with Gasteiger partial charge in [0.25, 0.3) is 0 Å². The highest BCUT2D eigenvalue weighted by molar-refractivity contribution is 14.1. The average molecular weight is 567 g/mol. The average Bonchev–Trinajstić information content (AvgIpc) is 3.08. The maximum absolute atomic E-state index is 4.89. The summed E-state index contributed by atoms with van der Waals surface area (Å²) in [6, 6.07) is 12.4. The van der Waals surface area contributed by atoms with Crippen molar-refractivity contribution in [3.05, 3.63) is 76.0 Å². The van der Waals surface area contributed by atoms with E-state index in [1.54, 1.807) is 6.20 Å². The Morgan fingerprint density at radius 1 is 1.08 bits per heavy atom. The smallest absolute Gasteiger partial charge is 0.180 e. The molecule has 0 aliphatic carbocycles. The van der Waals surface area contributed by atoms with Crippen LogP contribution in [0.15, 0.2) is 61.2 Å². The van der Waals surface area contributed by atoms with Gasteiger partial charge in [-0.1, -0.05) is 52.9 Å². The van der Waals surface area contributed by atoms with Crippen molar-refractivity contribution in [2.45, 2.75) is 11.0 Å². The fraction of sp³-hybridized carbons (Fsp3) is 0.105. The summed E-state index contributed by atoms with van der Waals surface area (Å²) in [5, 5.41) is 3.43. The number of rotatable bonds is 5. The van der Waals surface area contributed by atoms with E-state index in [1.165, 1.54) is 5.56 Å². The first kappa shape index (κ1) is 17.7. The summed E-state index contributed by atoms with van der Waals surface area (Å²) >= 11 is 4.69. The molecule has 26 heavy (non-hydrogen) atoms. The quantitative estimate of drug-likeness (QED) is 0.274. The number of halogens is 2. The maximum Gasteiger partial charge on any atom is 0.180 e. The molecule has 5 nitrogen and oxygen atoms in total. The first-order valence-electron chi connectivity index (χ1n) is 8.07. The van der Waals surface area contributed by atoms with Gasteiger partial charge in [0.05, 0.1) is 11.9 Å². The minimum Gasteiger partial charge on any atom is -0.363 e. The Labute approximate surface area is 178 Å². The van der Waals surface area contributed by atoms with Crippen LogP contribution in [0.1, 0.15) is 11.1 Å². The molecule has 3 aromatic heterocycles. The van der Waals surface area contributed by atoms with E-state index in [4.69, 9.17) is 4.98 Å². The molecule has 3 heterocycles. The Hall–Kier alpha value is -1.75. The van der Waals surface area contributed by atoms with E-state index in [-0.39, 0.29) is 0 Å². The van der Waals surface area contributed by atoms with Crippen LogP contribution in [-0.4, -0.2) is 19.4 Å². The molecule has 0 aliphatic rings. The fourth-order valence-corrected chi connectivity index (χ4v) is 3.96. The molecular formula is C19H15I2N5. The summed E-state index contributed by atoms with van der Waals surface area (Å²) < 4.78 is 4.07. The number of anilines is 1. The topological polar surface area (TPSA) is 55.1 Å². The lowest BCUT2D eigenvalue weighted by Crippen LogP contribution is -2.06. The predicted molar refractivity (Wildman–Crippen MR) is 120 cm³/mol. The van der Waals surface area contributed by atoms with Gasteiger partial charge in [-0.05, 0) is 39.8 Å². The number of hydrogen-bond donors (Lipinski definition) is 1. The van der Waals surface area contributed by atoms with Crippen molar-refractivity contribution in [2.24, 2.45) is 0 Å².